The first-order valence-electron chi connectivity index (χ1n) is 4.08. The van der Waals surface area contributed by atoms with E-state index in [1.54, 1.807) is 0 Å². The van der Waals surface area contributed by atoms with E-state index in [4.69, 9.17) is 5.73 Å². The van der Waals surface area contributed by atoms with E-state index in [-0.39, 0.29) is 0 Å². The molecule has 1 heteroatoms. The summed E-state index contributed by atoms with van der Waals surface area (Å²) in [4.78, 5) is 0. The summed E-state index contributed by atoms with van der Waals surface area (Å²) < 4.78 is 0. The van der Waals surface area contributed by atoms with Gasteiger partial charge in [-0.3, -0.25) is 0 Å². The van der Waals surface area contributed by atoms with Crippen LogP contribution in [0.5, 0.6) is 0 Å². The first kappa shape index (κ1) is 10.3. The van der Waals surface area contributed by atoms with Crippen LogP contribution in [-0.4, -0.2) is 0 Å². The third-order valence-corrected chi connectivity index (χ3v) is 1.83. The maximum atomic E-state index is 5.52. The number of allylic oxidation sites excluding steroid dienone is 1. The van der Waals surface area contributed by atoms with Crippen LogP contribution in [0.25, 0.3) is 0 Å². The van der Waals surface area contributed by atoms with Crippen LogP contribution in [0.1, 0.15) is 27.2 Å². The molecule has 64 valence electrons. The molecule has 0 saturated carbocycles. The van der Waals surface area contributed by atoms with Gasteiger partial charge < -0.3 is 5.73 Å². The van der Waals surface area contributed by atoms with Gasteiger partial charge in [-0.2, -0.15) is 0 Å². The Morgan fingerprint density at radius 2 is 1.73 bits per heavy atom. The molecule has 0 radical (unpaired) electrons. The lowest BCUT2D eigenvalue weighted by molar-refractivity contribution is 0.489. The van der Waals surface area contributed by atoms with Crippen molar-refractivity contribution in [3.63, 3.8) is 0 Å². The van der Waals surface area contributed by atoms with E-state index in [0.29, 0.717) is 17.5 Å². The molecule has 11 heavy (non-hydrogen) atoms. The first-order valence-corrected chi connectivity index (χ1v) is 4.08. The van der Waals surface area contributed by atoms with E-state index in [1.165, 1.54) is 0 Å². The van der Waals surface area contributed by atoms with Crippen molar-refractivity contribution < 1.29 is 0 Å². The number of hydrogen-bond donors (Lipinski definition) is 1. The molecular formula is C10H19N. The van der Waals surface area contributed by atoms with Crippen LogP contribution in [0.4, 0.5) is 0 Å². The Morgan fingerprint density at radius 3 is 2.00 bits per heavy atom. The quantitative estimate of drug-likeness (QED) is 0.617. The minimum atomic E-state index is 0.465. The Labute approximate surface area is 70.0 Å². The van der Waals surface area contributed by atoms with Crippen LogP contribution in [0.3, 0.4) is 0 Å². The molecular weight excluding hydrogens is 134 g/mol. The Morgan fingerprint density at radius 1 is 1.27 bits per heavy atom. The molecule has 0 aliphatic carbocycles. The molecule has 0 fully saturated rings. The molecule has 0 aliphatic rings. The van der Waals surface area contributed by atoms with Crippen LogP contribution in [0.15, 0.2) is 24.4 Å². The lowest BCUT2D eigenvalue weighted by Gasteiger charge is -2.16. The first-order chi connectivity index (χ1) is 4.95. The van der Waals surface area contributed by atoms with Crippen LogP contribution in [0, 0.1) is 11.8 Å². The van der Waals surface area contributed by atoms with Crippen molar-refractivity contribution in [1.82, 2.24) is 0 Å². The summed E-state index contributed by atoms with van der Waals surface area (Å²) in [5, 5.41) is 0. The minimum Gasteiger partial charge on any atom is -0.399 e. The monoisotopic (exact) mass is 153 g/mol. The molecule has 0 bridgehead atoms. The second-order valence-corrected chi connectivity index (χ2v) is 3.58. The van der Waals surface area contributed by atoms with Crippen molar-refractivity contribution in [3.05, 3.63) is 24.4 Å². The van der Waals surface area contributed by atoms with Crippen LogP contribution < -0.4 is 5.73 Å². The van der Waals surface area contributed by atoms with Crippen molar-refractivity contribution in [2.45, 2.75) is 27.2 Å². The van der Waals surface area contributed by atoms with E-state index in [0.717, 1.165) is 12.0 Å². The minimum absolute atomic E-state index is 0.465. The molecule has 0 aromatic heterocycles. The summed E-state index contributed by atoms with van der Waals surface area (Å²) in [5.74, 6) is 1.16. The molecule has 0 rings (SSSR count). The van der Waals surface area contributed by atoms with Gasteiger partial charge in [0.05, 0.1) is 0 Å². The topological polar surface area (TPSA) is 26.0 Å². The molecule has 0 heterocycles. The highest BCUT2D eigenvalue weighted by atomic mass is 14.6. The highest BCUT2D eigenvalue weighted by Crippen LogP contribution is 2.20. The second-order valence-electron chi connectivity index (χ2n) is 3.58. The highest BCUT2D eigenvalue weighted by Gasteiger charge is 2.09. The molecule has 0 aromatic rings. The molecule has 0 saturated heterocycles. The van der Waals surface area contributed by atoms with Crippen LogP contribution >= 0.6 is 0 Å². The van der Waals surface area contributed by atoms with Gasteiger partial charge >= 0.3 is 0 Å². The van der Waals surface area contributed by atoms with E-state index in [2.05, 4.69) is 33.9 Å². The summed E-state index contributed by atoms with van der Waals surface area (Å²) in [7, 11) is 0. The summed E-state index contributed by atoms with van der Waals surface area (Å²) in [6.07, 6.45) is 1.13. The second kappa shape index (κ2) is 4.22. The van der Waals surface area contributed by atoms with Gasteiger partial charge in [-0.25, -0.2) is 0 Å². The Bertz CT molecular complexity index is 156. The molecule has 1 unspecified atom stereocenters. The van der Waals surface area contributed by atoms with Gasteiger partial charge in [0.2, 0.25) is 0 Å². The van der Waals surface area contributed by atoms with Gasteiger partial charge in [0, 0.05) is 5.70 Å². The normalized spacial score (nSPS) is 13.1. The van der Waals surface area contributed by atoms with Crippen molar-refractivity contribution in [2.24, 2.45) is 17.6 Å². The fraction of sp³-hybridized carbons (Fsp3) is 0.600. The van der Waals surface area contributed by atoms with E-state index >= 15 is 0 Å². The van der Waals surface area contributed by atoms with Crippen LogP contribution in [0.2, 0.25) is 0 Å². The smallest absolute Gasteiger partial charge is 0.0270 e. The summed E-state index contributed by atoms with van der Waals surface area (Å²) in [5.41, 5.74) is 7.13. The molecule has 1 atom stereocenters. The molecule has 0 aromatic carbocycles. The highest BCUT2D eigenvalue weighted by molar-refractivity contribution is 5.23. The van der Waals surface area contributed by atoms with Gasteiger partial charge in [-0.15, -0.1) is 0 Å². The zero-order valence-electron chi connectivity index (χ0n) is 7.85. The van der Waals surface area contributed by atoms with E-state index in [9.17, 15) is 0 Å². The number of hydrogen-bond acceptors (Lipinski definition) is 1. The fourth-order valence-corrected chi connectivity index (χ4v) is 1.17. The van der Waals surface area contributed by atoms with Crippen molar-refractivity contribution in [3.8, 4) is 0 Å². The SMILES string of the molecule is C=C(N)C(=C)C(C)CC(C)C. The largest absolute Gasteiger partial charge is 0.399 e. The van der Waals surface area contributed by atoms with Crippen molar-refractivity contribution in [1.29, 1.82) is 0 Å². The third-order valence-electron chi connectivity index (χ3n) is 1.83. The van der Waals surface area contributed by atoms with E-state index in [1.807, 2.05) is 0 Å². The van der Waals surface area contributed by atoms with Gasteiger partial charge in [0.15, 0.2) is 0 Å². The molecule has 0 aliphatic heterocycles. The summed E-state index contributed by atoms with van der Waals surface area (Å²) in [6.45, 7) is 14.1. The fourth-order valence-electron chi connectivity index (χ4n) is 1.17. The number of nitrogens with two attached hydrogens (primary N) is 1. The van der Waals surface area contributed by atoms with Gasteiger partial charge in [-0.1, -0.05) is 33.9 Å². The predicted octanol–water partition coefficient (Wildman–Crippen LogP) is 2.70. The van der Waals surface area contributed by atoms with Crippen molar-refractivity contribution >= 4 is 0 Å². The maximum absolute atomic E-state index is 5.52. The molecule has 2 N–H and O–H groups in total. The van der Waals surface area contributed by atoms with E-state index < -0.39 is 0 Å². The standard InChI is InChI=1S/C10H19N/c1-7(2)6-8(3)9(4)10(5)11/h7-8H,4-6,11H2,1-3H3. The molecule has 1 nitrogen and oxygen atoms in total. The average molecular weight is 153 g/mol. The van der Waals surface area contributed by atoms with Crippen molar-refractivity contribution in [2.75, 3.05) is 0 Å². The zero-order valence-corrected chi connectivity index (χ0v) is 7.85. The van der Waals surface area contributed by atoms with Gasteiger partial charge in [0.25, 0.3) is 0 Å². The average Bonchev–Trinajstić information content (AvgIpc) is 1.84. The Balaban J connectivity index is 3.93. The lowest BCUT2D eigenvalue weighted by atomic mass is 9.91. The Kier molecular flexibility index (Phi) is 3.94. The van der Waals surface area contributed by atoms with Gasteiger partial charge in [0.1, 0.15) is 0 Å². The predicted molar refractivity (Wildman–Crippen MR) is 51.1 cm³/mol. The third kappa shape index (κ3) is 3.87. The summed E-state index contributed by atoms with van der Waals surface area (Å²) in [6, 6.07) is 0. The summed E-state index contributed by atoms with van der Waals surface area (Å²) >= 11 is 0. The zero-order chi connectivity index (χ0) is 9.02. The van der Waals surface area contributed by atoms with Gasteiger partial charge in [-0.05, 0) is 23.8 Å². The molecule has 0 amide bonds. The Hall–Kier alpha value is -0.720. The number of rotatable bonds is 4. The van der Waals surface area contributed by atoms with Crippen LogP contribution in [-0.2, 0) is 0 Å². The lowest BCUT2D eigenvalue weighted by Crippen LogP contribution is -2.08. The maximum Gasteiger partial charge on any atom is 0.0270 e. The molecule has 0 spiro atoms.